The first-order valence-electron chi connectivity index (χ1n) is 6.65. The topological polar surface area (TPSA) is 50.4 Å². The van der Waals surface area contributed by atoms with Gasteiger partial charge in [0.1, 0.15) is 0 Å². The second-order valence-electron chi connectivity index (χ2n) is 4.18. The van der Waals surface area contributed by atoms with E-state index in [2.05, 4.69) is 51.4 Å². The van der Waals surface area contributed by atoms with Crippen LogP contribution in [0.1, 0.15) is 26.2 Å². The zero-order valence-corrected chi connectivity index (χ0v) is 16.5. The molecule has 0 saturated carbocycles. The predicted molar refractivity (Wildman–Crippen MR) is 104 cm³/mol. The van der Waals surface area contributed by atoms with E-state index < -0.39 is 0 Å². The number of halogens is 2. The minimum absolute atomic E-state index is 0. The van der Waals surface area contributed by atoms with Gasteiger partial charge in [-0.1, -0.05) is 19.1 Å². The number of thioether (sulfide) groups is 1. The lowest BCUT2D eigenvalue weighted by Crippen LogP contribution is -2.32. The average molecular weight is 472 g/mol. The minimum atomic E-state index is 0. The first kappa shape index (κ1) is 20.1. The lowest BCUT2D eigenvalue weighted by Gasteiger charge is -2.06. The van der Waals surface area contributed by atoms with Gasteiger partial charge in [0.15, 0.2) is 5.96 Å². The van der Waals surface area contributed by atoms with Gasteiger partial charge in [-0.3, -0.25) is 4.99 Å². The molecule has 1 aromatic carbocycles. The molecule has 0 radical (unpaired) electrons. The highest BCUT2D eigenvalue weighted by atomic mass is 127. The number of benzene rings is 1. The van der Waals surface area contributed by atoms with Crippen LogP contribution in [0.25, 0.3) is 0 Å². The third-order valence-corrected chi connectivity index (χ3v) is 4.59. The monoisotopic (exact) mass is 471 g/mol. The minimum Gasteiger partial charge on any atom is -0.370 e. The normalized spacial score (nSPS) is 11.0. The van der Waals surface area contributed by atoms with Gasteiger partial charge in [-0.2, -0.15) is 0 Å². The van der Waals surface area contributed by atoms with Crippen molar-refractivity contribution in [2.75, 3.05) is 18.8 Å². The molecule has 3 N–H and O–H groups in total. The number of hydrogen-bond donors (Lipinski definition) is 2. The van der Waals surface area contributed by atoms with Crippen LogP contribution in [0.15, 0.2) is 38.6 Å². The summed E-state index contributed by atoms with van der Waals surface area (Å²) in [4.78, 5) is 5.50. The summed E-state index contributed by atoms with van der Waals surface area (Å²) in [6.07, 6.45) is 3.31. The Morgan fingerprint density at radius 2 is 2.10 bits per heavy atom. The Kier molecular flexibility index (Phi) is 12.8. The van der Waals surface area contributed by atoms with Crippen LogP contribution in [-0.2, 0) is 0 Å². The molecule has 0 aliphatic rings. The Hall–Kier alpha value is 0.0500. The van der Waals surface area contributed by atoms with E-state index in [0.29, 0.717) is 5.96 Å². The molecule has 114 valence electrons. The summed E-state index contributed by atoms with van der Waals surface area (Å²) in [5.41, 5.74) is 5.71. The second kappa shape index (κ2) is 12.8. The van der Waals surface area contributed by atoms with Crippen molar-refractivity contribution < 1.29 is 0 Å². The van der Waals surface area contributed by atoms with Gasteiger partial charge >= 0.3 is 0 Å². The molecule has 0 bridgehead atoms. The van der Waals surface area contributed by atoms with Crippen LogP contribution in [0.2, 0.25) is 0 Å². The van der Waals surface area contributed by atoms with Crippen molar-refractivity contribution in [3.05, 3.63) is 28.7 Å². The summed E-state index contributed by atoms with van der Waals surface area (Å²) >= 11 is 5.44. The zero-order valence-electron chi connectivity index (χ0n) is 11.8. The van der Waals surface area contributed by atoms with Gasteiger partial charge in [0.2, 0.25) is 0 Å². The fraction of sp³-hybridized carbons (Fsp3) is 0.500. The Morgan fingerprint density at radius 3 is 2.80 bits per heavy atom. The predicted octanol–water partition coefficient (Wildman–Crippen LogP) is 4.25. The molecule has 1 rings (SSSR count). The summed E-state index contributed by atoms with van der Waals surface area (Å²) in [6.45, 7) is 3.79. The molecule has 6 heteroatoms. The quantitative estimate of drug-likeness (QED) is 0.196. The summed E-state index contributed by atoms with van der Waals surface area (Å²) < 4.78 is 1.18. The Morgan fingerprint density at radius 1 is 1.35 bits per heavy atom. The standard InChI is InChI=1S/C14H22BrN3S.HI/c1-2-9-17-14(16)18-10-5-6-11-19-13-8-4-3-7-12(13)15;/h3-4,7-8H,2,5-6,9-11H2,1H3,(H3,16,17,18);1H. The number of hydrogen-bond acceptors (Lipinski definition) is 2. The molecule has 1 aromatic rings. The molecule has 0 spiro atoms. The maximum absolute atomic E-state index is 5.71. The van der Waals surface area contributed by atoms with Crippen molar-refractivity contribution in [1.82, 2.24) is 5.32 Å². The van der Waals surface area contributed by atoms with E-state index in [0.717, 1.165) is 31.7 Å². The Bertz CT molecular complexity index is 402. The highest BCUT2D eigenvalue weighted by Gasteiger charge is 1.98. The van der Waals surface area contributed by atoms with Gasteiger partial charge in [0, 0.05) is 22.5 Å². The van der Waals surface area contributed by atoms with Crippen molar-refractivity contribution in [2.45, 2.75) is 31.1 Å². The molecule has 0 aliphatic carbocycles. The van der Waals surface area contributed by atoms with Gasteiger partial charge in [-0.25, -0.2) is 0 Å². The van der Waals surface area contributed by atoms with Gasteiger partial charge in [0.05, 0.1) is 0 Å². The molecular weight excluding hydrogens is 449 g/mol. The number of unbranched alkanes of at least 4 members (excludes halogenated alkanes) is 1. The number of nitrogens with one attached hydrogen (secondary N) is 1. The lowest BCUT2D eigenvalue weighted by atomic mass is 10.3. The largest absolute Gasteiger partial charge is 0.370 e. The molecule has 0 saturated heterocycles. The van der Waals surface area contributed by atoms with E-state index in [9.17, 15) is 0 Å². The van der Waals surface area contributed by atoms with Crippen LogP contribution in [0.4, 0.5) is 0 Å². The van der Waals surface area contributed by atoms with E-state index in [1.165, 1.54) is 15.8 Å². The molecule has 0 aromatic heterocycles. The van der Waals surface area contributed by atoms with Gasteiger partial charge in [-0.15, -0.1) is 35.7 Å². The van der Waals surface area contributed by atoms with E-state index in [1.807, 2.05) is 17.8 Å². The van der Waals surface area contributed by atoms with Crippen LogP contribution >= 0.6 is 51.7 Å². The molecular formula is C14H23BrIN3S. The number of nitrogens with two attached hydrogens (primary N) is 1. The smallest absolute Gasteiger partial charge is 0.188 e. The first-order valence-corrected chi connectivity index (χ1v) is 8.43. The van der Waals surface area contributed by atoms with E-state index in [-0.39, 0.29) is 24.0 Å². The molecule has 3 nitrogen and oxygen atoms in total. The zero-order chi connectivity index (χ0) is 13.9. The number of nitrogens with zero attached hydrogens (tertiary/aromatic N) is 1. The van der Waals surface area contributed by atoms with Gasteiger partial charge in [0.25, 0.3) is 0 Å². The van der Waals surface area contributed by atoms with Crippen LogP contribution in [0.5, 0.6) is 0 Å². The second-order valence-corrected chi connectivity index (χ2v) is 6.17. The molecule has 20 heavy (non-hydrogen) atoms. The lowest BCUT2D eigenvalue weighted by molar-refractivity contribution is 0.752. The number of guanidine groups is 1. The molecule has 0 amide bonds. The van der Waals surface area contributed by atoms with Crippen molar-refractivity contribution in [3.63, 3.8) is 0 Å². The summed E-state index contributed by atoms with van der Waals surface area (Å²) in [7, 11) is 0. The fourth-order valence-electron chi connectivity index (χ4n) is 1.48. The van der Waals surface area contributed by atoms with E-state index in [4.69, 9.17) is 5.73 Å². The number of aliphatic imine (C=N–C) groups is 1. The van der Waals surface area contributed by atoms with Gasteiger partial charge in [-0.05, 0) is 53.1 Å². The van der Waals surface area contributed by atoms with Crippen LogP contribution in [0.3, 0.4) is 0 Å². The molecule has 0 heterocycles. The maximum Gasteiger partial charge on any atom is 0.188 e. The third-order valence-electron chi connectivity index (χ3n) is 2.48. The average Bonchev–Trinajstić information content (AvgIpc) is 2.42. The fourth-order valence-corrected chi connectivity index (χ4v) is 3.05. The highest BCUT2D eigenvalue weighted by Crippen LogP contribution is 2.27. The summed E-state index contributed by atoms with van der Waals surface area (Å²) in [5, 5.41) is 3.14. The summed E-state index contributed by atoms with van der Waals surface area (Å²) in [5.74, 6) is 1.69. The SMILES string of the molecule is CCCN=C(N)NCCCCSc1ccccc1Br.I. The van der Waals surface area contributed by atoms with Crippen molar-refractivity contribution in [3.8, 4) is 0 Å². The third kappa shape index (κ3) is 9.07. The van der Waals surface area contributed by atoms with Crippen LogP contribution < -0.4 is 11.1 Å². The maximum atomic E-state index is 5.71. The molecule has 0 atom stereocenters. The van der Waals surface area contributed by atoms with Gasteiger partial charge < -0.3 is 11.1 Å². The molecule has 0 unspecified atom stereocenters. The Labute approximate surface area is 151 Å². The van der Waals surface area contributed by atoms with E-state index >= 15 is 0 Å². The first-order chi connectivity index (χ1) is 9.24. The van der Waals surface area contributed by atoms with Crippen molar-refractivity contribution in [2.24, 2.45) is 10.7 Å². The Balaban J connectivity index is 0.00000361. The summed E-state index contributed by atoms with van der Waals surface area (Å²) in [6, 6.07) is 8.33. The van der Waals surface area contributed by atoms with Crippen LogP contribution in [-0.4, -0.2) is 24.8 Å². The van der Waals surface area contributed by atoms with Crippen molar-refractivity contribution in [1.29, 1.82) is 0 Å². The number of rotatable bonds is 8. The van der Waals surface area contributed by atoms with Crippen molar-refractivity contribution >= 4 is 57.6 Å². The molecule has 0 aliphatic heterocycles. The van der Waals surface area contributed by atoms with Crippen LogP contribution in [0, 0.1) is 0 Å². The van der Waals surface area contributed by atoms with E-state index in [1.54, 1.807) is 0 Å². The highest BCUT2D eigenvalue weighted by molar-refractivity contribution is 14.0. The molecule has 0 fully saturated rings.